The maximum Gasteiger partial charge on any atom is 0.271 e. The van der Waals surface area contributed by atoms with Gasteiger partial charge < -0.3 is 0 Å². The van der Waals surface area contributed by atoms with Crippen molar-refractivity contribution in [3.05, 3.63) is 54.6 Å². The van der Waals surface area contributed by atoms with Crippen molar-refractivity contribution in [3.63, 3.8) is 0 Å². The van der Waals surface area contributed by atoms with Gasteiger partial charge in [0.15, 0.2) is 0 Å². The average Bonchev–Trinajstić information content (AvgIpc) is 2.85. The molecule has 1 aromatic heterocycles. The number of rotatable bonds is 3. The molecule has 0 atom stereocenters. The van der Waals surface area contributed by atoms with Gasteiger partial charge >= 0.3 is 0 Å². The van der Waals surface area contributed by atoms with E-state index in [0.29, 0.717) is 15.6 Å². The van der Waals surface area contributed by atoms with E-state index >= 15 is 0 Å². The van der Waals surface area contributed by atoms with E-state index in [4.69, 9.17) is 23.2 Å². The lowest BCUT2D eigenvalue weighted by molar-refractivity contribution is 0.0955. The van der Waals surface area contributed by atoms with Crippen LogP contribution in [0.5, 0.6) is 0 Å². The van der Waals surface area contributed by atoms with Crippen LogP contribution >= 0.6 is 50.5 Å². The summed E-state index contributed by atoms with van der Waals surface area (Å²) in [6, 6.07) is 8.53. The SMILES string of the molecule is C/C(=N\NC(=O)c1ccc(Cl)c(Cl)c1)c1ccc(Br)s1. The predicted octanol–water partition coefficient (Wildman–Crippen LogP) is 4.97. The fourth-order valence-corrected chi connectivity index (χ4v) is 3.03. The van der Waals surface area contributed by atoms with E-state index in [0.717, 1.165) is 14.4 Å². The van der Waals surface area contributed by atoms with Gasteiger partial charge in [-0.3, -0.25) is 4.79 Å². The fraction of sp³-hybridized carbons (Fsp3) is 0.0769. The van der Waals surface area contributed by atoms with Crippen LogP contribution in [-0.2, 0) is 0 Å². The van der Waals surface area contributed by atoms with Crippen molar-refractivity contribution >= 4 is 62.1 Å². The van der Waals surface area contributed by atoms with Crippen LogP contribution in [0.1, 0.15) is 22.2 Å². The summed E-state index contributed by atoms with van der Waals surface area (Å²) in [5.74, 6) is -0.335. The number of halogens is 3. The van der Waals surface area contributed by atoms with Crippen LogP contribution in [-0.4, -0.2) is 11.6 Å². The highest BCUT2D eigenvalue weighted by Gasteiger charge is 2.08. The van der Waals surface area contributed by atoms with Crippen molar-refractivity contribution in [2.45, 2.75) is 6.92 Å². The molecule has 1 N–H and O–H groups in total. The number of amides is 1. The van der Waals surface area contributed by atoms with Crippen molar-refractivity contribution in [1.82, 2.24) is 5.43 Å². The van der Waals surface area contributed by atoms with Gasteiger partial charge in [0.05, 0.1) is 24.4 Å². The zero-order valence-electron chi connectivity index (χ0n) is 10.3. The highest BCUT2D eigenvalue weighted by molar-refractivity contribution is 9.11. The Morgan fingerprint density at radius 2 is 2.00 bits per heavy atom. The standard InChI is InChI=1S/C13H9BrCl2N2OS/c1-7(11-4-5-12(14)20-11)17-18-13(19)8-2-3-9(15)10(16)6-8/h2-6H,1H3,(H,18,19)/b17-7+. The highest BCUT2D eigenvalue weighted by Crippen LogP contribution is 2.23. The zero-order chi connectivity index (χ0) is 14.7. The van der Waals surface area contributed by atoms with Crippen LogP contribution in [0.15, 0.2) is 39.2 Å². The monoisotopic (exact) mass is 390 g/mol. The minimum Gasteiger partial charge on any atom is -0.267 e. The second-order valence-corrected chi connectivity index (χ2v) is 7.15. The molecule has 1 amide bonds. The molecule has 0 unspecified atom stereocenters. The molecule has 0 fully saturated rings. The van der Waals surface area contributed by atoms with Gasteiger partial charge in [-0.2, -0.15) is 5.10 Å². The third-order valence-electron chi connectivity index (χ3n) is 2.44. The third-order valence-corrected chi connectivity index (χ3v) is 4.91. The van der Waals surface area contributed by atoms with Crippen molar-refractivity contribution in [1.29, 1.82) is 0 Å². The number of hydrogen-bond acceptors (Lipinski definition) is 3. The van der Waals surface area contributed by atoms with Gasteiger partial charge in [-0.15, -0.1) is 11.3 Å². The molecule has 0 aliphatic rings. The summed E-state index contributed by atoms with van der Waals surface area (Å²) in [6.07, 6.45) is 0. The van der Waals surface area contributed by atoms with Gasteiger partial charge in [0, 0.05) is 5.56 Å². The van der Waals surface area contributed by atoms with Gasteiger partial charge in [0.1, 0.15) is 0 Å². The maximum absolute atomic E-state index is 11.9. The Kier molecular flexibility index (Phi) is 5.21. The molecule has 1 aromatic carbocycles. The molecule has 0 saturated carbocycles. The fourth-order valence-electron chi connectivity index (χ4n) is 1.40. The number of nitrogens with zero attached hydrogens (tertiary/aromatic N) is 1. The molecule has 3 nitrogen and oxygen atoms in total. The summed E-state index contributed by atoms with van der Waals surface area (Å²) in [5.41, 5.74) is 3.63. The molecule has 0 aliphatic carbocycles. The molecule has 2 rings (SSSR count). The Hall–Kier alpha value is -0.880. The Morgan fingerprint density at radius 1 is 1.25 bits per heavy atom. The Bertz CT molecular complexity index is 685. The van der Waals surface area contributed by atoms with E-state index in [1.54, 1.807) is 23.5 Å². The van der Waals surface area contributed by atoms with E-state index in [9.17, 15) is 4.79 Å². The van der Waals surface area contributed by atoms with Crippen LogP contribution in [0.4, 0.5) is 0 Å². The smallest absolute Gasteiger partial charge is 0.267 e. The zero-order valence-corrected chi connectivity index (χ0v) is 14.2. The molecule has 0 bridgehead atoms. The summed E-state index contributed by atoms with van der Waals surface area (Å²) in [5, 5.41) is 4.81. The molecule has 0 aliphatic heterocycles. The van der Waals surface area contributed by atoms with E-state index in [1.165, 1.54) is 6.07 Å². The third kappa shape index (κ3) is 3.82. The first kappa shape index (κ1) is 15.5. The van der Waals surface area contributed by atoms with Crippen LogP contribution in [0.2, 0.25) is 10.0 Å². The van der Waals surface area contributed by atoms with E-state index in [2.05, 4.69) is 26.5 Å². The molecule has 104 valence electrons. The summed E-state index contributed by atoms with van der Waals surface area (Å²) in [7, 11) is 0. The molecular weight excluding hydrogens is 383 g/mol. The Labute approximate surface area is 138 Å². The number of nitrogens with one attached hydrogen (secondary N) is 1. The predicted molar refractivity (Wildman–Crippen MR) is 88.2 cm³/mol. The second-order valence-electron chi connectivity index (χ2n) is 3.87. The lowest BCUT2D eigenvalue weighted by Gasteiger charge is -2.03. The molecule has 0 radical (unpaired) electrons. The molecule has 1 heterocycles. The van der Waals surface area contributed by atoms with Crippen molar-refractivity contribution in [3.8, 4) is 0 Å². The molecule has 20 heavy (non-hydrogen) atoms. The van der Waals surface area contributed by atoms with Crippen molar-refractivity contribution < 1.29 is 4.79 Å². The van der Waals surface area contributed by atoms with Crippen LogP contribution in [0.25, 0.3) is 0 Å². The van der Waals surface area contributed by atoms with Gasteiger partial charge in [-0.05, 0) is 53.2 Å². The molecule has 2 aromatic rings. The largest absolute Gasteiger partial charge is 0.271 e. The number of hydrogen-bond donors (Lipinski definition) is 1. The first-order valence-electron chi connectivity index (χ1n) is 5.53. The first-order chi connectivity index (χ1) is 9.47. The number of hydrazone groups is 1. The Morgan fingerprint density at radius 3 is 2.60 bits per heavy atom. The summed E-state index contributed by atoms with van der Waals surface area (Å²) in [4.78, 5) is 12.9. The van der Waals surface area contributed by atoms with Gasteiger partial charge in [0.2, 0.25) is 0 Å². The second kappa shape index (κ2) is 6.72. The normalized spacial score (nSPS) is 11.5. The number of benzene rings is 1. The lowest BCUT2D eigenvalue weighted by atomic mass is 10.2. The number of thiophene rings is 1. The van der Waals surface area contributed by atoms with Crippen LogP contribution in [0, 0.1) is 0 Å². The first-order valence-corrected chi connectivity index (χ1v) is 7.89. The van der Waals surface area contributed by atoms with Gasteiger partial charge in [-0.25, -0.2) is 5.43 Å². The molecule has 7 heteroatoms. The van der Waals surface area contributed by atoms with E-state index in [1.807, 2.05) is 19.1 Å². The van der Waals surface area contributed by atoms with Crippen LogP contribution < -0.4 is 5.43 Å². The molecular formula is C13H9BrCl2N2OS. The summed E-state index contributed by atoms with van der Waals surface area (Å²) >= 11 is 16.6. The highest BCUT2D eigenvalue weighted by atomic mass is 79.9. The topological polar surface area (TPSA) is 41.5 Å². The number of carbonyl (C=O) groups is 1. The van der Waals surface area contributed by atoms with E-state index in [-0.39, 0.29) is 5.91 Å². The Balaban J connectivity index is 2.09. The lowest BCUT2D eigenvalue weighted by Crippen LogP contribution is -2.19. The average molecular weight is 392 g/mol. The maximum atomic E-state index is 11.9. The minimum atomic E-state index is -0.335. The van der Waals surface area contributed by atoms with E-state index < -0.39 is 0 Å². The molecule has 0 spiro atoms. The van der Waals surface area contributed by atoms with Crippen LogP contribution in [0.3, 0.4) is 0 Å². The minimum absolute atomic E-state index is 0.335. The summed E-state index contributed by atoms with van der Waals surface area (Å²) in [6.45, 7) is 1.83. The van der Waals surface area contributed by atoms with Gasteiger partial charge in [0.25, 0.3) is 5.91 Å². The van der Waals surface area contributed by atoms with Gasteiger partial charge in [-0.1, -0.05) is 23.2 Å². The van der Waals surface area contributed by atoms with Crippen molar-refractivity contribution in [2.24, 2.45) is 5.10 Å². The quantitative estimate of drug-likeness (QED) is 0.582. The molecule has 0 saturated heterocycles. The van der Waals surface area contributed by atoms with Crippen molar-refractivity contribution in [2.75, 3.05) is 0 Å². The summed E-state index contributed by atoms with van der Waals surface area (Å²) < 4.78 is 1.01. The number of carbonyl (C=O) groups excluding carboxylic acids is 1.